The van der Waals surface area contributed by atoms with Gasteiger partial charge in [0.05, 0.1) is 6.61 Å². The number of urea groups is 1. The van der Waals surface area contributed by atoms with Crippen LogP contribution >= 0.6 is 0 Å². The first-order valence-electron chi connectivity index (χ1n) is 7.93. The standard InChI is InChI=1S/C16H24N4O3/c1-2-23-16(22)19-18-15(21)17-14-8-10-20(11-9-14)12-13-6-4-3-5-7-13/h3-7,14H,2,8-12H2,1H3,(H,19,22)(H2,17,18,21). The van der Waals surface area contributed by atoms with E-state index in [1.165, 1.54) is 5.56 Å². The average molecular weight is 320 g/mol. The number of likely N-dealkylation sites (tertiary alicyclic amines) is 1. The molecule has 1 heterocycles. The van der Waals surface area contributed by atoms with Crippen LogP contribution in [0, 0.1) is 0 Å². The lowest BCUT2D eigenvalue weighted by Crippen LogP contribution is -2.52. The summed E-state index contributed by atoms with van der Waals surface area (Å²) in [5.74, 6) is 0. The van der Waals surface area contributed by atoms with Crippen LogP contribution in [0.15, 0.2) is 30.3 Å². The smallest absolute Gasteiger partial charge is 0.426 e. The van der Waals surface area contributed by atoms with Gasteiger partial charge in [0.25, 0.3) is 0 Å². The van der Waals surface area contributed by atoms with Crippen molar-refractivity contribution in [2.24, 2.45) is 0 Å². The first-order chi connectivity index (χ1) is 11.2. The molecular weight excluding hydrogens is 296 g/mol. The summed E-state index contributed by atoms with van der Waals surface area (Å²) in [6, 6.07) is 10.1. The summed E-state index contributed by atoms with van der Waals surface area (Å²) < 4.78 is 4.65. The number of nitrogens with one attached hydrogen (secondary N) is 3. The van der Waals surface area contributed by atoms with Crippen LogP contribution in [-0.4, -0.2) is 42.8 Å². The van der Waals surface area contributed by atoms with E-state index >= 15 is 0 Å². The predicted octanol–water partition coefficient (Wildman–Crippen LogP) is 1.61. The van der Waals surface area contributed by atoms with Crippen molar-refractivity contribution in [2.45, 2.75) is 32.4 Å². The SMILES string of the molecule is CCOC(=O)NNC(=O)NC1CCN(Cc2ccccc2)CC1. The van der Waals surface area contributed by atoms with Crippen LogP contribution in [0.25, 0.3) is 0 Å². The molecule has 1 aromatic carbocycles. The maximum Gasteiger partial charge on any atom is 0.426 e. The number of piperidine rings is 1. The largest absolute Gasteiger partial charge is 0.449 e. The van der Waals surface area contributed by atoms with Gasteiger partial charge < -0.3 is 10.1 Å². The van der Waals surface area contributed by atoms with Gasteiger partial charge in [0.1, 0.15) is 0 Å². The Kier molecular flexibility index (Phi) is 6.68. The Hall–Kier alpha value is -2.28. The topological polar surface area (TPSA) is 82.7 Å². The molecule has 0 radical (unpaired) electrons. The summed E-state index contributed by atoms with van der Waals surface area (Å²) in [4.78, 5) is 25.1. The molecular formula is C16H24N4O3. The summed E-state index contributed by atoms with van der Waals surface area (Å²) in [6.45, 7) is 4.76. The zero-order valence-corrected chi connectivity index (χ0v) is 13.4. The Labute approximate surface area is 136 Å². The van der Waals surface area contributed by atoms with Gasteiger partial charge in [-0.2, -0.15) is 0 Å². The van der Waals surface area contributed by atoms with Crippen molar-refractivity contribution in [3.05, 3.63) is 35.9 Å². The molecule has 1 aliphatic rings. The summed E-state index contributed by atoms with van der Waals surface area (Å²) in [6.07, 6.45) is 1.11. The van der Waals surface area contributed by atoms with Crippen LogP contribution in [0.4, 0.5) is 9.59 Å². The summed E-state index contributed by atoms with van der Waals surface area (Å²) in [5, 5.41) is 2.85. The van der Waals surface area contributed by atoms with E-state index < -0.39 is 12.1 Å². The summed E-state index contributed by atoms with van der Waals surface area (Å²) in [5.41, 5.74) is 5.76. The number of ether oxygens (including phenoxy) is 1. The first kappa shape index (κ1) is 17.1. The molecule has 23 heavy (non-hydrogen) atoms. The highest BCUT2D eigenvalue weighted by atomic mass is 16.6. The summed E-state index contributed by atoms with van der Waals surface area (Å²) in [7, 11) is 0. The van der Waals surface area contributed by atoms with Crippen molar-refractivity contribution in [3.63, 3.8) is 0 Å². The van der Waals surface area contributed by atoms with Crippen LogP contribution < -0.4 is 16.2 Å². The molecule has 7 heteroatoms. The molecule has 0 aliphatic carbocycles. The van der Waals surface area contributed by atoms with Gasteiger partial charge in [0.15, 0.2) is 0 Å². The number of nitrogens with zero attached hydrogens (tertiary/aromatic N) is 1. The lowest BCUT2D eigenvalue weighted by Gasteiger charge is -2.32. The van der Waals surface area contributed by atoms with Crippen LogP contribution in [0.2, 0.25) is 0 Å². The molecule has 3 amide bonds. The van der Waals surface area contributed by atoms with Crippen molar-refractivity contribution in [1.29, 1.82) is 0 Å². The second kappa shape index (κ2) is 8.99. The van der Waals surface area contributed by atoms with Crippen molar-refractivity contribution in [3.8, 4) is 0 Å². The highest BCUT2D eigenvalue weighted by Gasteiger charge is 2.20. The lowest BCUT2D eigenvalue weighted by atomic mass is 10.0. The third-order valence-electron chi connectivity index (χ3n) is 3.73. The molecule has 1 aliphatic heterocycles. The molecule has 3 N–H and O–H groups in total. The Morgan fingerprint density at radius 2 is 1.87 bits per heavy atom. The number of carbonyl (C=O) groups is 2. The fourth-order valence-corrected chi connectivity index (χ4v) is 2.57. The molecule has 2 rings (SSSR count). The third-order valence-corrected chi connectivity index (χ3v) is 3.73. The number of amides is 3. The van der Waals surface area contributed by atoms with Crippen LogP contribution in [0.3, 0.4) is 0 Å². The first-order valence-corrected chi connectivity index (χ1v) is 7.93. The van der Waals surface area contributed by atoms with Crippen LogP contribution in [0.5, 0.6) is 0 Å². The van der Waals surface area contributed by atoms with Gasteiger partial charge in [0, 0.05) is 25.7 Å². The van der Waals surface area contributed by atoms with E-state index in [0.29, 0.717) is 0 Å². The number of benzene rings is 1. The zero-order chi connectivity index (χ0) is 16.5. The van der Waals surface area contributed by atoms with Gasteiger partial charge in [-0.3, -0.25) is 4.90 Å². The normalized spacial score (nSPS) is 15.7. The van der Waals surface area contributed by atoms with Crippen LogP contribution in [-0.2, 0) is 11.3 Å². The van der Waals surface area contributed by atoms with E-state index in [2.05, 4.69) is 37.9 Å². The molecule has 1 saturated heterocycles. The Bertz CT molecular complexity index is 501. The number of hydrogen-bond donors (Lipinski definition) is 3. The van der Waals surface area contributed by atoms with E-state index in [0.717, 1.165) is 32.5 Å². The highest BCUT2D eigenvalue weighted by Crippen LogP contribution is 2.13. The second-order valence-electron chi connectivity index (χ2n) is 5.48. The molecule has 0 saturated carbocycles. The molecule has 0 unspecified atom stereocenters. The zero-order valence-electron chi connectivity index (χ0n) is 13.4. The van der Waals surface area contributed by atoms with Crippen molar-refractivity contribution >= 4 is 12.1 Å². The lowest BCUT2D eigenvalue weighted by molar-refractivity contribution is 0.146. The minimum absolute atomic E-state index is 0.117. The molecule has 126 valence electrons. The predicted molar refractivity (Wildman–Crippen MR) is 86.6 cm³/mol. The minimum Gasteiger partial charge on any atom is -0.449 e. The van der Waals surface area contributed by atoms with Gasteiger partial charge in [-0.15, -0.1) is 0 Å². The Balaban J connectivity index is 1.64. The monoisotopic (exact) mass is 320 g/mol. The van der Waals surface area contributed by atoms with Gasteiger partial charge in [-0.1, -0.05) is 30.3 Å². The van der Waals surface area contributed by atoms with Gasteiger partial charge >= 0.3 is 12.1 Å². The number of carbonyl (C=O) groups excluding carboxylic acids is 2. The molecule has 0 spiro atoms. The molecule has 1 fully saturated rings. The quantitative estimate of drug-likeness (QED) is 0.736. The number of hydrazine groups is 1. The van der Waals surface area contributed by atoms with Gasteiger partial charge in [-0.25, -0.2) is 20.4 Å². The summed E-state index contributed by atoms with van der Waals surface area (Å²) >= 11 is 0. The third kappa shape index (κ3) is 6.15. The van der Waals surface area contributed by atoms with Crippen molar-refractivity contribution in [1.82, 2.24) is 21.1 Å². The molecule has 0 bridgehead atoms. The van der Waals surface area contributed by atoms with E-state index in [9.17, 15) is 9.59 Å². The number of hydrogen-bond acceptors (Lipinski definition) is 4. The fourth-order valence-electron chi connectivity index (χ4n) is 2.57. The van der Waals surface area contributed by atoms with E-state index in [4.69, 9.17) is 0 Å². The fraction of sp³-hybridized carbons (Fsp3) is 0.500. The Morgan fingerprint density at radius 3 is 2.52 bits per heavy atom. The average Bonchev–Trinajstić information content (AvgIpc) is 2.56. The highest BCUT2D eigenvalue weighted by molar-refractivity contribution is 5.77. The second-order valence-corrected chi connectivity index (χ2v) is 5.48. The van der Waals surface area contributed by atoms with E-state index in [1.807, 2.05) is 18.2 Å². The maximum atomic E-state index is 11.7. The minimum atomic E-state index is -0.666. The van der Waals surface area contributed by atoms with Gasteiger partial charge in [-0.05, 0) is 25.3 Å². The Morgan fingerprint density at radius 1 is 1.17 bits per heavy atom. The van der Waals surface area contributed by atoms with Crippen LogP contribution in [0.1, 0.15) is 25.3 Å². The van der Waals surface area contributed by atoms with Crippen molar-refractivity contribution < 1.29 is 14.3 Å². The van der Waals surface area contributed by atoms with E-state index in [1.54, 1.807) is 6.92 Å². The van der Waals surface area contributed by atoms with Crippen molar-refractivity contribution in [2.75, 3.05) is 19.7 Å². The molecule has 7 nitrogen and oxygen atoms in total. The molecule has 1 aromatic rings. The molecule has 0 aromatic heterocycles. The maximum absolute atomic E-state index is 11.7. The van der Waals surface area contributed by atoms with E-state index in [-0.39, 0.29) is 12.6 Å². The number of rotatable bonds is 4. The molecule has 0 atom stereocenters. The van der Waals surface area contributed by atoms with Gasteiger partial charge in [0.2, 0.25) is 0 Å².